The molecule has 0 amide bonds. The lowest BCUT2D eigenvalue weighted by atomic mass is 9.83. The molecule has 0 unspecified atom stereocenters. The van der Waals surface area contributed by atoms with Crippen molar-refractivity contribution in [1.82, 2.24) is 4.90 Å². The summed E-state index contributed by atoms with van der Waals surface area (Å²) in [6.07, 6.45) is 0. The minimum absolute atomic E-state index is 0.143. The van der Waals surface area contributed by atoms with Gasteiger partial charge in [-0.2, -0.15) is 0 Å². The van der Waals surface area contributed by atoms with Gasteiger partial charge in [0.05, 0.1) is 13.2 Å². The van der Waals surface area contributed by atoms with Gasteiger partial charge in [-0.25, -0.2) is 0 Å². The first-order valence-electron chi connectivity index (χ1n) is 4.89. The Morgan fingerprint density at radius 3 is 2.79 bits per heavy atom. The van der Waals surface area contributed by atoms with Crippen LogP contribution < -0.4 is 0 Å². The largest absolute Gasteiger partial charge is 0.480 e. The molecule has 1 fully saturated rings. The molecular weight excluding hydrogens is 182 g/mol. The van der Waals surface area contributed by atoms with Gasteiger partial charge in [0.2, 0.25) is 0 Å². The van der Waals surface area contributed by atoms with E-state index in [-0.39, 0.29) is 12.0 Å². The molecule has 1 N–H and O–H groups in total. The zero-order valence-electron chi connectivity index (χ0n) is 9.12. The first-order valence-corrected chi connectivity index (χ1v) is 4.89. The maximum atomic E-state index is 10.6. The number of nitrogens with zero attached hydrogens (tertiary/aromatic N) is 1. The van der Waals surface area contributed by atoms with E-state index in [4.69, 9.17) is 9.84 Å². The van der Waals surface area contributed by atoms with Gasteiger partial charge in [-0.05, 0) is 5.41 Å². The maximum Gasteiger partial charge on any atom is 0.317 e. The SMILES string of the molecule is COC[C@@H]1CN(CC(=O)O)CC1(C)C. The molecule has 1 saturated heterocycles. The van der Waals surface area contributed by atoms with E-state index in [1.54, 1.807) is 7.11 Å². The van der Waals surface area contributed by atoms with Crippen LogP contribution in [-0.2, 0) is 9.53 Å². The van der Waals surface area contributed by atoms with E-state index in [0.717, 1.165) is 13.1 Å². The van der Waals surface area contributed by atoms with E-state index in [1.807, 2.05) is 4.90 Å². The predicted octanol–water partition coefficient (Wildman–Crippen LogP) is 0.675. The number of ether oxygens (including phenoxy) is 1. The molecule has 14 heavy (non-hydrogen) atoms. The zero-order valence-corrected chi connectivity index (χ0v) is 9.12. The number of carboxylic acid groups (broad SMARTS) is 1. The fraction of sp³-hybridized carbons (Fsp3) is 0.900. The summed E-state index contributed by atoms with van der Waals surface area (Å²) in [5.74, 6) is -0.314. The Hall–Kier alpha value is -0.610. The van der Waals surface area contributed by atoms with Crippen molar-refractivity contribution in [3.63, 3.8) is 0 Å². The summed E-state index contributed by atoms with van der Waals surface area (Å²) in [4.78, 5) is 12.5. The number of rotatable bonds is 4. The Balaban J connectivity index is 2.52. The van der Waals surface area contributed by atoms with Crippen molar-refractivity contribution in [2.24, 2.45) is 11.3 Å². The minimum Gasteiger partial charge on any atom is -0.480 e. The quantitative estimate of drug-likeness (QED) is 0.726. The summed E-state index contributed by atoms with van der Waals surface area (Å²) in [5.41, 5.74) is 0.158. The molecule has 82 valence electrons. The lowest BCUT2D eigenvalue weighted by Gasteiger charge is -2.24. The number of aliphatic carboxylic acids is 1. The molecule has 0 aliphatic carbocycles. The summed E-state index contributed by atoms with van der Waals surface area (Å²) in [6.45, 7) is 6.85. The molecule has 1 aliphatic rings. The van der Waals surface area contributed by atoms with Crippen molar-refractivity contribution in [1.29, 1.82) is 0 Å². The number of hydrogen-bond donors (Lipinski definition) is 1. The number of carboxylic acids is 1. The molecule has 1 atom stereocenters. The molecule has 0 spiro atoms. The normalized spacial score (nSPS) is 26.6. The summed E-state index contributed by atoms with van der Waals surface area (Å²) < 4.78 is 5.14. The Bertz CT molecular complexity index is 215. The smallest absolute Gasteiger partial charge is 0.317 e. The van der Waals surface area contributed by atoms with Gasteiger partial charge in [-0.3, -0.25) is 9.69 Å². The first kappa shape index (κ1) is 11.5. The van der Waals surface area contributed by atoms with Gasteiger partial charge < -0.3 is 9.84 Å². The third-order valence-corrected chi connectivity index (χ3v) is 2.94. The van der Waals surface area contributed by atoms with Gasteiger partial charge in [0.15, 0.2) is 0 Å². The highest BCUT2D eigenvalue weighted by Gasteiger charge is 2.39. The van der Waals surface area contributed by atoms with Gasteiger partial charge in [0, 0.05) is 26.1 Å². The van der Waals surface area contributed by atoms with Crippen molar-refractivity contribution in [3.05, 3.63) is 0 Å². The predicted molar refractivity (Wildman–Crippen MR) is 53.2 cm³/mol. The topological polar surface area (TPSA) is 49.8 Å². The van der Waals surface area contributed by atoms with E-state index in [2.05, 4.69) is 13.8 Å². The molecule has 1 rings (SSSR count). The highest BCUT2D eigenvalue weighted by molar-refractivity contribution is 5.69. The van der Waals surface area contributed by atoms with Crippen LogP contribution in [0, 0.1) is 11.3 Å². The number of carbonyl (C=O) groups is 1. The van der Waals surface area contributed by atoms with Gasteiger partial charge in [0.25, 0.3) is 0 Å². The van der Waals surface area contributed by atoms with E-state index < -0.39 is 5.97 Å². The molecule has 0 radical (unpaired) electrons. The van der Waals surface area contributed by atoms with E-state index in [0.29, 0.717) is 12.5 Å². The molecule has 0 aromatic heterocycles. The van der Waals surface area contributed by atoms with Crippen LogP contribution in [0.4, 0.5) is 0 Å². The van der Waals surface area contributed by atoms with Gasteiger partial charge in [-0.1, -0.05) is 13.8 Å². The average molecular weight is 201 g/mol. The number of likely N-dealkylation sites (tertiary alicyclic amines) is 1. The van der Waals surface area contributed by atoms with Gasteiger partial charge in [0.1, 0.15) is 0 Å². The van der Waals surface area contributed by atoms with Crippen LogP contribution in [0.5, 0.6) is 0 Å². The van der Waals surface area contributed by atoms with E-state index in [9.17, 15) is 4.79 Å². The fourth-order valence-electron chi connectivity index (χ4n) is 2.12. The summed E-state index contributed by atoms with van der Waals surface area (Å²) in [6, 6.07) is 0. The lowest BCUT2D eigenvalue weighted by molar-refractivity contribution is -0.138. The highest BCUT2D eigenvalue weighted by atomic mass is 16.5. The lowest BCUT2D eigenvalue weighted by Crippen LogP contribution is -2.28. The molecule has 0 aromatic rings. The second-order valence-corrected chi connectivity index (χ2v) is 4.70. The van der Waals surface area contributed by atoms with Crippen molar-refractivity contribution in [2.45, 2.75) is 13.8 Å². The summed E-state index contributed by atoms with van der Waals surface area (Å²) in [5, 5.41) is 8.69. The number of hydrogen-bond acceptors (Lipinski definition) is 3. The Morgan fingerprint density at radius 1 is 1.64 bits per heavy atom. The summed E-state index contributed by atoms with van der Waals surface area (Å²) >= 11 is 0. The van der Waals surface area contributed by atoms with Crippen LogP contribution in [0.15, 0.2) is 0 Å². The molecule has 4 nitrogen and oxygen atoms in total. The fourth-order valence-corrected chi connectivity index (χ4v) is 2.12. The van der Waals surface area contributed by atoms with Gasteiger partial charge >= 0.3 is 5.97 Å². The zero-order chi connectivity index (χ0) is 10.8. The Labute approximate surface area is 84.8 Å². The van der Waals surface area contributed by atoms with Crippen molar-refractivity contribution < 1.29 is 14.6 Å². The van der Waals surface area contributed by atoms with Crippen LogP contribution in [0.25, 0.3) is 0 Å². The second-order valence-electron chi connectivity index (χ2n) is 4.70. The van der Waals surface area contributed by atoms with E-state index >= 15 is 0 Å². The molecule has 1 aliphatic heterocycles. The second kappa shape index (κ2) is 4.28. The highest BCUT2D eigenvalue weighted by Crippen LogP contribution is 2.34. The third kappa shape index (κ3) is 2.69. The molecule has 0 bridgehead atoms. The van der Waals surface area contributed by atoms with Crippen LogP contribution in [-0.4, -0.2) is 49.3 Å². The number of methoxy groups -OCH3 is 1. The first-order chi connectivity index (χ1) is 6.45. The van der Waals surface area contributed by atoms with Crippen LogP contribution in [0.2, 0.25) is 0 Å². The van der Waals surface area contributed by atoms with Crippen LogP contribution in [0.1, 0.15) is 13.8 Å². The van der Waals surface area contributed by atoms with Crippen LogP contribution in [0.3, 0.4) is 0 Å². The van der Waals surface area contributed by atoms with Crippen LogP contribution >= 0.6 is 0 Å². The molecule has 1 heterocycles. The average Bonchev–Trinajstić information content (AvgIpc) is 2.25. The maximum absolute atomic E-state index is 10.6. The molecular formula is C10H19NO3. The van der Waals surface area contributed by atoms with E-state index in [1.165, 1.54) is 0 Å². The monoisotopic (exact) mass is 201 g/mol. The van der Waals surface area contributed by atoms with Crippen molar-refractivity contribution >= 4 is 5.97 Å². The van der Waals surface area contributed by atoms with Gasteiger partial charge in [-0.15, -0.1) is 0 Å². The molecule has 0 saturated carbocycles. The molecule has 0 aromatic carbocycles. The molecule has 4 heteroatoms. The van der Waals surface area contributed by atoms with Crippen molar-refractivity contribution in [2.75, 3.05) is 33.4 Å². The summed E-state index contributed by atoms with van der Waals surface area (Å²) in [7, 11) is 1.69. The Kier molecular flexibility index (Phi) is 3.50. The van der Waals surface area contributed by atoms with Crippen molar-refractivity contribution in [3.8, 4) is 0 Å². The standard InChI is InChI=1S/C10H19NO3/c1-10(2)7-11(5-9(12)13)4-8(10)6-14-3/h8H,4-7H2,1-3H3,(H,12,13)/t8-/m0/s1. The Morgan fingerprint density at radius 2 is 2.29 bits per heavy atom. The third-order valence-electron chi connectivity index (χ3n) is 2.94. The minimum atomic E-state index is -0.751.